The molecule has 1 aromatic rings. The molecular weight excluding hydrogens is 248 g/mol. The van der Waals surface area contributed by atoms with E-state index < -0.39 is 5.54 Å². The molecule has 0 aliphatic rings. The van der Waals surface area contributed by atoms with Gasteiger partial charge in [-0.3, -0.25) is 5.32 Å². The topological polar surface area (TPSA) is 45.0 Å². The van der Waals surface area contributed by atoms with E-state index in [4.69, 9.17) is 4.74 Å². The van der Waals surface area contributed by atoms with Gasteiger partial charge in [0, 0.05) is 0 Å². The molecule has 0 radical (unpaired) electrons. The number of aryl methyl sites for hydroxylation is 1. The van der Waals surface area contributed by atoms with Gasteiger partial charge < -0.3 is 4.74 Å². The summed E-state index contributed by atoms with van der Waals surface area (Å²) in [5.41, 5.74) is 0.879. The first-order valence-electron chi connectivity index (χ1n) is 7.51. The van der Waals surface area contributed by atoms with Crippen molar-refractivity contribution in [2.75, 3.05) is 13.2 Å². The highest BCUT2D eigenvalue weighted by atomic mass is 16.5. The van der Waals surface area contributed by atoms with Crippen LogP contribution in [-0.2, 0) is 6.42 Å². The van der Waals surface area contributed by atoms with E-state index in [0.29, 0.717) is 6.61 Å². The van der Waals surface area contributed by atoms with Crippen LogP contribution in [0.3, 0.4) is 0 Å². The van der Waals surface area contributed by atoms with Crippen LogP contribution in [0.25, 0.3) is 0 Å². The van der Waals surface area contributed by atoms with Crippen molar-refractivity contribution in [3.8, 4) is 11.8 Å². The zero-order chi connectivity index (χ0) is 14.8. The van der Waals surface area contributed by atoms with Crippen LogP contribution in [-0.4, -0.2) is 18.7 Å². The quantitative estimate of drug-likeness (QED) is 0.698. The number of hydrogen-bond donors (Lipinski definition) is 1. The van der Waals surface area contributed by atoms with Crippen molar-refractivity contribution < 1.29 is 4.74 Å². The van der Waals surface area contributed by atoms with Gasteiger partial charge in [0.1, 0.15) is 11.3 Å². The van der Waals surface area contributed by atoms with Crippen molar-refractivity contribution in [1.29, 1.82) is 5.26 Å². The molecule has 3 nitrogen and oxygen atoms in total. The Morgan fingerprint density at radius 2 is 1.95 bits per heavy atom. The summed E-state index contributed by atoms with van der Waals surface area (Å²) in [6.07, 6.45) is 3.76. The molecule has 0 aromatic heterocycles. The van der Waals surface area contributed by atoms with E-state index in [-0.39, 0.29) is 0 Å². The van der Waals surface area contributed by atoms with E-state index >= 15 is 0 Å². The number of nitrogens with one attached hydrogen (secondary N) is 1. The summed E-state index contributed by atoms with van der Waals surface area (Å²) < 4.78 is 5.71. The molecule has 0 aliphatic heterocycles. The molecule has 0 spiro atoms. The summed E-state index contributed by atoms with van der Waals surface area (Å²) in [6, 6.07) is 10.6. The summed E-state index contributed by atoms with van der Waals surface area (Å²) in [4.78, 5) is 0. The second-order valence-corrected chi connectivity index (χ2v) is 5.32. The molecule has 20 heavy (non-hydrogen) atoms. The van der Waals surface area contributed by atoms with Crippen molar-refractivity contribution in [2.24, 2.45) is 0 Å². The Kier molecular flexibility index (Phi) is 7.11. The van der Waals surface area contributed by atoms with Gasteiger partial charge in [0.2, 0.25) is 0 Å². The Labute approximate surface area is 123 Å². The zero-order valence-corrected chi connectivity index (χ0v) is 12.9. The Morgan fingerprint density at radius 3 is 2.50 bits per heavy atom. The van der Waals surface area contributed by atoms with Crippen LogP contribution >= 0.6 is 0 Å². The molecule has 0 fully saturated rings. The van der Waals surface area contributed by atoms with E-state index in [1.165, 1.54) is 5.56 Å². The minimum atomic E-state index is -0.439. The fourth-order valence-electron chi connectivity index (χ4n) is 2.02. The number of nitriles is 1. The first-order valence-corrected chi connectivity index (χ1v) is 7.51. The lowest BCUT2D eigenvalue weighted by molar-refractivity contribution is 0.285. The Hall–Kier alpha value is -1.53. The fourth-order valence-corrected chi connectivity index (χ4v) is 2.02. The average molecular weight is 274 g/mol. The van der Waals surface area contributed by atoms with Crippen LogP contribution in [0.4, 0.5) is 0 Å². The van der Waals surface area contributed by atoms with Gasteiger partial charge in [0.25, 0.3) is 0 Å². The molecule has 1 N–H and O–H groups in total. The molecule has 0 saturated heterocycles. The van der Waals surface area contributed by atoms with Crippen molar-refractivity contribution >= 4 is 0 Å². The maximum atomic E-state index is 9.23. The van der Waals surface area contributed by atoms with Gasteiger partial charge in [0.05, 0.1) is 12.7 Å². The second kappa shape index (κ2) is 8.60. The molecular formula is C17H26N2O. The van der Waals surface area contributed by atoms with Crippen LogP contribution in [0, 0.1) is 11.3 Å². The molecule has 1 atom stereocenters. The third kappa shape index (κ3) is 5.63. The van der Waals surface area contributed by atoms with E-state index in [1.54, 1.807) is 0 Å². The minimum absolute atomic E-state index is 0.439. The van der Waals surface area contributed by atoms with Gasteiger partial charge >= 0.3 is 0 Å². The largest absolute Gasteiger partial charge is 0.494 e. The summed E-state index contributed by atoms with van der Waals surface area (Å²) in [5.74, 6) is 0.905. The number of ether oxygens (including phenoxy) is 1. The van der Waals surface area contributed by atoms with E-state index in [2.05, 4.69) is 37.4 Å². The minimum Gasteiger partial charge on any atom is -0.494 e. The first-order chi connectivity index (χ1) is 9.63. The number of rotatable bonds is 9. The van der Waals surface area contributed by atoms with Crippen LogP contribution in [0.5, 0.6) is 5.75 Å². The third-order valence-electron chi connectivity index (χ3n) is 3.43. The highest BCUT2D eigenvalue weighted by Crippen LogP contribution is 2.15. The molecule has 110 valence electrons. The maximum absolute atomic E-state index is 9.23. The summed E-state index contributed by atoms with van der Waals surface area (Å²) in [5, 5.41) is 12.5. The van der Waals surface area contributed by atoms with Crippen molar-refractivity contribution in [3.63, 3.8) is 0 Å². The van der Waals surface area contributed by atoms with Crippen molar-refractivity contribution in [2.45, 2.75) is 52.0 Å². The van der Waals surface area contributed by atoms with Crippen molar-refractivity contribution in [1.82, 2.24) is 5.32 Å². The second-order valence-electron chi connectivity index (χ2n) is 5.32. The lowest BCUT2D eigenvalue weighted by Crippen LogP contribution is -2.41. The third-order valence-corrected chi connectivity index (χ3v) is 3.43. The first kappa shape index (κ1) is 16.5. The maximum Gasteiger partial charge on any atom is 0.119 e. The predicted molar refractivity (Wildman–Crippen MR) is 82.9 cm³/mol. The molecule has 1 rings (SSSR count). The van der Waals surface area contributed by atoms with Gasteiger partial charge in [-0.05, 0) is 56.8 Å². The highest BCUT2D eigenvalue weighted by Gasteiger charge is 2.21. The predicted octanol–water partition coefficient (Wildman–Crippen LogP) is 3.69. The standard InChI is InChI=1S/C17H26N2O/c1-4-12-19-17(3,14-18)11-6-13-20-16-9-7-15(5-2)8-10-16/h7-10,19H,4-6,11-13H2,1-3H3. The molecule has 1 aromatic carbocycles. The normalized spacial score (nSPS) is 13.5. The van der Waals surface area contributed by atoms with E-state index in [9.17, 15) is 5.26 Å². The number of hydrogen-bond acceptors (Lipinski definition) is 3. The summed E-state index contributed by atoms with van der Waals surface area (Å²) in [6.45, 7) is 7.73. The molecule has 3 heteroatoms. The Morgan fingerprint density at radius 1 is 1.25 bits per heavy atom. The molecule has 1 unspecified atom stereocenters. The Bertz CT molecular complexity index is 422. The van der Waals surface area contributed by atoms with Gasteiger partial charge in [-0.2, -0.15) is 5.26 Å². The van der Waals surface area contributed by atoms with Gasteiger partial charge in [0.15, 0.2) is 0 Å². The van der Waals surface area contributed by atoms with Gasteiger partial charge in [-0.25, -0.2) is 0 Å². The number of nitrogens with zero attached hydrogens (tertiary/aromatic N) is 1. The van der Waals surface area contributed by atoms with Crippen LogP contribution in [0.2, 0.25) is 0 Å². The SMILES string of the molecule is CCCNC(C)(C#N)CCCOc1ccc(CC)cc1. The average Bonchev–Trinajstić information content (AvgIpc) is 2.50. The molecule has 0 amide bonds. The smallest absolute Gasteiger partial charge is 0.119 e. The van der Waals surface area contributed by atoms with E-state index in [0.717, 1.165) is 38.0 Å². The van der Waals surface area contributed by atoms with Crippen molar-refractivity contribution in [3.05, 3.63) is 29.8 Å². The van der Waals surface area contributed by atoms with Gasteiger partial charge in [-0.15, -0.1) is 0 Å². The molecule has 0 saturated carbocycles. The molecule has 0 heterocycles. The summed E-state index contributed by atoms with van der Waals surface area (Å²) >= 11 is 0. The highest BCUT2D eigenvalue weighted by molar-refractivity contribution is 5.27. The monoisotopic (exact) mass is 274 g/mol. The fraction of sp³-hybridized carbons (Fsp3) is 0.588. The zero-order valence-electron chi connectivity index (χ0n) is 12.9. The van der Waals surface area contributed by atoms with E-state index in [1.807, 2.05) is 19.1 Å². The summed E-state index contributed by atoms with van der Waals surface area (Å²) in [7, 11) is 0. The van der Waals surface area contributed by atoms with Crippen LogP contribution in [0.1, 0.15) is 45.6 Å². The number of benzene rings is 1. The lowest BCUT2D eigenvalue weighted by Gasteiger charge is -2.23. The van der Waals surface area contributed by atoms with Gasteiger partial charge in [-0.1, -0.05) is 26.0 Å². The van der Waals surface area contributed by atoms with Crippen LogP contribution in [0.15, 0.2) is 24.3 Å². The molecule has 0 bridgehead atoms. The lowest BCUT2D eigenvalue weighted by atomic mass is 9.98. The Balaban J connectivity index is 2.31. The molecule has 0 aliphatic carbocycles. The van der Waals surface area contributed by atoms with Crippen LogP contribution < -0.4 is 10.1 Å².